The third kappa shape index (κ3) is 5.86. The van der Waals surface area contributed by atoms with Crippen LogP contribution in [-0.2, 0) is 18.4 Å². The third-order valence-electron chi connectivity index (χ3n) is 8.92. The second kappa shape index (κ2) is 10.5. The van der Waals surface area contributed by atoms with Crippen molar-refractivity contribution in [1.82, 2.24) is 19.5 Å². The summed E-state index contributed by atoms with van der Waals surface area (Å²) in [6, 6.07) is 0. The summed E-state index contributed by atoms with van der Waals surface area (Å²) in [5.74, 6) is 1.65. The van der Waals surface area contributed by atoms with Crippen LogP contribution >= 0.6 is 26.8 Å². The van der Waals surface area contributed by atoms with Gasteiger partial charge in [0, 0.05) is 6.54 Å². The third-order valence-corrected chi connectivity index (χ3v) is 12.5. The summed E-state index contributed by atoms with van der Waals surface area (Å²) < 4.78 is 34.9. The number of anilines is 1. The molecule has 2 aromatic heterocycles. The van der Waals surface area contributed by atoms with E-state index in [4.69, 9.17) is 30.6 Å². The Morgan fingerprint density at radius 1 is 1.07 bits per heavy atom. The standard InChI is InChI=1S/C23H34ClN5O9P2/c24-22-27-19(25-2-1-23-6-12-3-13(7-23)5-14(4-12)8-23)16-20(28-22)29(10-26-16)21-18(31)17(30)15(38-21)9-37-40(35,36)11-39(32,33)34/h10,12-15,17-18,21,30-31H,1-9,11H2,(H,35,36)(H,25,27,28)(H2,32,33,34)/t12?,13?,14?,15-,17+,18?,21-,23?/m1/s1. The van der Waals surface area contributed by atoms with E-state index in [0.29, 0.717) is 23.3 Å². The average molecular weight is 622 g/mol. The molecule has 0 radical (unpaired) electrons. The zero-order valence-corrected chi connectivity index (χ0v) is 24.2. The lowest BCUT2D eigenvalue weighted by Gasteiger charge is -2.57. The van der Waals surface area contributed by atoms with Gasteiger partial charge in [0.05, 0.1) is 12.9 Å². The highest BCUT2D eigenvalue weighted by Crippen LogP contribution is 2.61. The maximum atomic E-state index is 12.0. The number of rotatable bonds is 10. The second-order valence-corrected chi connectivity index (χ2v) is 16.4. The first kappa shape index (κ1) is 28.9. The van der Waals surface area contributed by atoms with Gasteiger partial charge in [-0.05, 0) is 79.7 Å². The lowest BCUT2D eigenvalue weighted by Crippen LogP contribution is -2.46. The summed E-state index contributed by atoms with van der Waals surface area (Å²) >= 11 is 6.24. The van der Waals surface area contributed by atoms with Crippen molar-refractivity contribution in [3.8, 4) is 0 Å². The van der Waals surface area contributed by atoms with Crippen molar-refractivity contribution in [3.05, 3.63) is 11.6 Å². The molecule has 4 aliphatic carbocycles. The van der Waals surface area contributed by atoms with Crippen LogP contribution in [0.1, 0.15) is 51.2 Å². The van der Waals surface area contributed by atoms with Crippen LogP contribution < -0.4 is 5.32 Å². The number of fused-ring (bicyclic) bond motifs is 1. The molecular weight excluding hydrogens is 588 g/mol. The van der Waals surface area contributed by atoms with Crippen molar-refractivity contribution in [3.63, 3.8) is 0 Å². The quantitative estimate of drug-likeness (QED) is 0.166. The highest BCUT2D eigenvalue weighted by molar-refractivity contribution is 7.70. The molecule has 4 saturated carbocycles. The minimum atomic E-state index is -4.82. The molecule has 5 fully saturated rings. The van der Waals surface area contributed by atoms with Crippen LogP contribution in [0.15, 0.2) is 6.33 Å². The predicted molar refractivity (Wildman–Crippen MR) is 143 cm³/mol. The molecule has 5 atom stereocenters. The van der Waals surface area contributed by atoms with E-state index in [1.807, 2.05) is 0 Å². The topological polar surface area (TPSA) is 209 Å². The van der Waals surface area contributed by atoms with Gasteiger partial charge >= 0.3 is 15.2 Å². The molecule has 4 bridgehead atoms. The molecule has 222 valence electrons. The number of nitrogens with zero attached hydrogens (tertiary/aromatic N) is 4. The van der Waals surface area contributed by atoms with Gasteiger partial charge in [-0.15, -0.1) is 0 Å². The molecule has 5 aliphatic rings. The summed E-state index contributed by atoms with van der Waals surface area (Å²) in [6.45, 7) is 0.0139. The van der Waals surface area contributed by atoms with Crippen molar-refractivity contribution < 1.29 is 43.3 Å². The summed E-state index contributed by atoms with van der Waals surface area (Å²) in [5, 5.41) is 24.5. The fraction of sp³-hybridized carbons (Fsp3) is 0.783. The summed E-state index contributed by atoms with van der Waals surface area (Å²) in [6.07, 6.45) is 4.95. The zero-order valence-electron chi connectivity index (χ0n) is 21.6. The van der Waals surface area contributed by atoms with E-state index in [9.17, 15) is 24.2 Å². The highest BCUT2D eigenvalue weighted by atomic mass is 35.5. The Hall–Kier alpha value is -1.18. The number of hydrogen-bond donors (Lipinski definition) is 6. The van der Waals surface area contributed by atoms with E-state index in [2.05, 4.69) is 20.3 Å². The average Bonchev–Trinajstić information content (AvgIpc) is 3.36. The van der Waals surface area contributed by atoms with Crippen LogP contribution in [0.2, 0.25) is 5.28 Å². The fourth-order valence-corrected chi connectivity index (χ4v) is 10.5. The van der Waals surface area contributed by atoms with E-state index in [0.717, 1.165) is 24.2 Å². The molecule has 17 heteroatoms. The highest BCUT2D eigenvalue weighted by Gasteiger charge is 2.50. The molecule has 2 unspecified atom stereocenters. The Labute approximate surface area is 235 Å². The normalized spacial score (nSPS) is 36.8. The van der Waals surface area contributed by atoms with E-state index < -0.39 is 52.2 Å². The van der Waals surface area contributed by atoms with E-state index in [1.165, 1.54) is 49.4 Å². The van der Waals surface area contributed by atoms with Gasteiger partial charge in [0.2, 0.25) is 5.28 Å². The molecule has 3 heterocycles. The predicted octanol–water partition coefficient (Wildman–Crippen LogP) is 2.45. The van der Waals surface area contributed by atoms with E-state index in [-0.39, 0.29) is 10.9 Å². The number of nitrogens with one attached hydrogen (secondary N) is 1. The maximum Gasteiger partial charge on any atom is 0.340 e. The van der Waals surface area contributed by atoms with Gasteiger partial charge in [-0.3, -0.25) is 13.7 Å². The van der Waals surface area contributed by atoms with Crippen LogP contribution in [0, 0.1) is 23.2 Å². The van der Waals surface area contributed by atoms with Crippen molar-refractivity contribution >= 4 is 43.8 Å². The van der Waals surface area contributed by atoms with Gasteiger partial charge in [-0.1, -0.05) is 0 Å². The van der Waals surface area contributed by atoms with Crippen LogP contribution in [0.5, 0.6) is 0 Å². The van der Waals surface area contributed by atoms with Crippen molar-refractivity contribution in [2.45, 2.75) is 69.5 Å². The minimum Gasteiger partial charge on any atom is -0.387 e. The van der Waals surface area contributed by atoms with Gasteiger partial charge in [0.1, 0.15) is 18.3 Å². The summed E-state index contributed by atoms with van der Waals surface area (Å²) in [5.41, 5.74) is 1.04. The molecule has 0 amide bonds. The molecule has 0 aromatic carbocycles. The number of ether oxygens (including phenoxy) is 1. The number of halogens is 1. The van der Waals surface area contributed by atoms with E-state index in [1.54, 1.807) is 0 Å². The molecule has 0 spiro atoms. The maximum absolute atomic E-state index is 12.0. The molecule has 2 aromatic rings. The van der Waals surface area contributed by atoms with Crippen molar-refractivity contribution in [2.75, 3.05) is 24.4 Å². The van der Waals surface area contributed by atoms with Crippen LogP contribution in [0.25, 0.3) is 11.2 Å². The van der Waals surface area contributed by atoms with Gasteiger partial charge in [0.15, 0.2) is 29.1 Å². The lowest BCUT2D eigenvalue weighted by atomic mass is 9.49. The van der Waals surface area contributed by atoms with Gasteiger partial charge in [-0.2, -0.15) is 9.97 Å². The largest absolute Gasteiger partial charge is 0.387 e. The Morgan fingerprint density at radius 2 is 1.73 bits per heavy atom. The molecule has 40 heavy (non-hydrogen) atoms. The SMILES string of the molecule is O=P(O)(O)CP(=O)(O)OC[C@H]1O[C@@H](n2cnc3c(NCCC45CC6CC(CC(C6)C4)C5)nc(Cl)nc32)C(O)[C@H]1O. The van der Waals surface area contributed by atoms with Gasteiger partial charge < -0.3 is 39.5 Å². The Bertz CT molecular complexity index is 1340. The number of aliphatic hydroxyl groups is 2. The Balaban J connectivity index is 1.14. The molecule has 14 nitrogen and oxygen atoms in total. The monoisotopic (exact) mass is 621 g/mol. The van der Waals surface area contributed by atoms with Crippen molar-refractivity contribution in [2.24, 2.45) is 23.2 Å². The van der Waals surface area contributed by atoms with Crippen molar-refractivity contribution in [1.29, 1.82) is 0 Å². The number of hydrogen-bond acceptors (Lipinski definition) is 10. The molecular formula is C23H34ClN5O9P2. The number of aromatic nitrogens is 4. The molecule has 6 N–H and O–H groups in total. The van der Waals surface area contributed by atoms with Crippen LogP contribution in [-0.4, -0.2) is 81.8 Å². The smallest absolute Gasteiger partial charge is 0.340 e. The van der Waals surface area contributed by atoms with Crippen LogP contribution in [0.3, 0.4) is 0 Å². The van der Waals surface area contributed by atoms with Crippen LogP contribution in [0.4, 0.5) is 5.82 Å². The second-order valence-electron chi connectivity index (χ2n) is 12.0. The van der Waals surface area contributed by atoms with E-state index >= 15 is 0 Å². The first-order valence-corrected chi connectivity index (χ1v) is 17.4. The van der Waals surface area contributed by atoms with Gasteiger partial charge in [0.25, 0.3) is 0 Å². The van der Waals surface area contributed by atoms with Gasteiger partial charge in [-0.25, -0.2) is 4.98 Å². The Kier molecular flexibility index (Phi) is 7.60. The number of imidazole rings is 1. The molecule has 1 saturated heterocycles. The lowest BCUT2D eigenvalue weighted by molar-refractivity contribution is -0.0552. The molecule has 1 aliphatic heterocycles. The first-order valence-electron chi connectivity index (χ1n) is 13.5. The summed E-state index contributed by atoms with van der Waals surface area (Å²) in [4.78, 5) is 40.6. The Morgan fingerprint density at radius 3 is 2.35 bits per heavy atom. The summed E-state index contributed by atoms with van der Waals surface area (Å²) in [7, 11) is -9.50. The fourth-order valence-electron chi connectivity index (χ4n) is 7.80. The number of aliphatic hydroxyl groups excluding tert-OH is 2. The minimum absolute atomic E-state index is 0.0434. The first-order chi connectivity index (χ1) is 18.8. The zero-order chi connectivity index (χ0) is 28.4. The molecule has 7 rings (SSSR count).